The lowest BCUT2D eigenvalue weighted by Crippen LogP contribution is -2.44. The Balaban J connectivity index is 2.09. The molecule has 0 aromatic carbocycles. The molecule has 0 spiro atoms. The molecule has 20 heavy (non-hydrogen) atoms. The molecule has 0 unspecified atom stereocenters. The molecule has 1 N–H and O–H groups in total. The van der Waals surface area contributed by atoms with E-state index >= 15 is 0 Å². The third-order valence-corrected chi connectivity index (χ3v) is 3.80. The van der Waals surface area contributed by atoms with Crippen molar-refractivity contribution >= 4 is 11.6 Å². The van der Waals surface area contributed by atoms with Gasteiger partial charge in [-0.3, -0.25) is 4.79 Å². The lowest BCUT2D eigenvalue weighted by atomic mass is 9.99. The summed E-state index contributed by atoms with van der Waals surface area (Å²) in [4.78, 5) is 16.6. The zero-order chi connectivity index (χ0) is 14.8. The van der Waals surface area contributed by atoms with E-state index in [9.17, 15) is 4.79 Å². The van der Waals surface area contributed by atoms with E-state index < -0.39 is 5.60 Å². The summed E-state index contributed by atoms with van der Waals surface area (Å²) in [6, 6.07) is 1.86. The Labute approximate surface area is 119 Å². The molecule has 110 valence electrons. The Morgan fingerprint density at radius 2 is 2.25 bits per heavy atom. The minimum absolute atomic E-state index is 0.118. The second-order valence-corrected chi connectivity index (χ2v) is 5.32. The number of amides is 1. The largest absolute Gasteiger partial charge is 0.478 e. The van der Waals surface area contributed by atoms with Crippen molar-refractivity contribution in [3.8, 4) is 5.88 Å². The summed E-state index contributed by atoms with van der Waals surface area (Å²) < 4.78 is 10.8. The van der Waals surface area contributed by atoms with Crippen molar-refractivity contribution in [2.45, 2.75) is 39.2 Å². The third-order valence-electron chi connectivity index (χ3n) is 3.80. The van der Waals surface area contributed by atoms with E-state index in [2.05, 4.69) is 10.3 Å². The van der Waals surface area contributed by atoms with Gasteiger partial charge in [-0.1, -0.05) is 0 Å². The molecule has 0 saturated heterocycles. The Kier molecular flexibility index (Phi) is 4.28. The first kappa shape index (κ1) is 14.8. The van der Waals surface area contributed by atoms with Gasteiger partial charge in [0.25, 0.3) is 5.91 Å². The van der Waals surface area contributed by atoms with Crippen LogP contribution >= 0.6 is 0 Å². The van der Waals surface area contributed by atoms with Crippen LogP contribution in [-0.4, -0.2) is 30.2 Å². The molecule has 5 heteroatoms. The first-order valence-electron chi connectivity index (χ1n) is 6.97. The summed E-state index contributed by atoms with van der Waals surface area (Å²) in [6.45, 7) is 6.23. The van der Waals surface area contributed by atoms with E-state index in [1.807, 2.05) is 26.8 Å². The lowest BCUT2D eigenvalue weighted by Gasteiger charge is -2.26. The van der Waals surface area contributed by atoms with Gasteiger partial charge in [-0.2, -0.15) is 0 Å². The molecule has 2 rings (SSSR count). The van der Waals surface area contributed by atoms with Gasteiger partial charge in [0.15, 0.2) is 0 Å². The standard InChI is InChI=1S/C15H22N2O3/c1-5-20-13-10(2)8-12(9-16-13)17-14(18)15(3,19-4)11-6-7-11/h8-9,11H,5-7H2,1-4H3,(H,17,18)/t15-/m0/s1. The number of methoxy groups -OCH3 is 1. The molecule has 1 aromatic rings. The van der Waals surface area contributed by atoms with Crippen LogP contribution < -0.4 is 10.1 Å². The van der Waals surface area contributed by atoms with Gasteiger partial charge in [-0.05, 0) is 45.6 Å². The molecular weight excluding hydrogens is 256 g/mol. The SMILES string of the molecule is CCOc1ncc(NC(=O)[C@@](C)(OC)C2CC2)cc1C. The van der Waals surface area contributed by atoms with E-state index in [-0.39, 0.29) is 5.91 Å². The van der Waals surface area contributed by atoms with Crippen LogP contribution in [0.15, 0.2) is 12.3 Å². The normalized spacial score (nSPS) is 17.4. The summed E-state index contributed by atoms with van der Waals surface area (Å²) >= 11 is 0. The third kappa shape index (κ3) is 2.93. The van der Waals surface area contributed by atoms with Gasteiger partial charge < -0.3 is 14.8 Å². The maximum Gasteiger partial charge on any atom is 0.256 e. The first-order chi connectivity index (χ1) is 9.51. The number of pyridine rings is 1. The summed E-state index contributed by atoms with van der Waals surface area (Å²) in [6.07, 6.45) is 3.69. The van der Waals surface area contributed by atoms with Gasteiger partial charge in [-0.15, -0.1) is 0 Å². The topological polar surface area (TPSA) is 60.5 Å². The van der Waals surface area contributed by atoms with Crippen LogP contribution in [0.2, 0.25) is 0 Å². The molecule has 1 aliphatic rings. The van der Waals surface area contributed by atoms with Crippen LogP contribution in [-0.2, 0) is 9.53 Å². The number of carbonyl (C=O) groups excluding carboxylic acids is 1. The van der Waals surface area contributed by atoms with E-state index in [1.54, 1.807) is 13.3 Å². The predicted molar refractivity (Wildman–Crippen MR) is 76.9 cm³/mol. The fourth-order valence-electron chi connectivity index (χ4n) is 2.25. The van der Waals surface area contributed by atoms with Crippen LogP contribution in [0, 0.1) is 12.8 Å². The quantitative estimate of drug-likeness (QED) is 0.868. The lowest BCUT2D eigenvalue weighted by molar-refractivity contribution is -0.138. The molecular formula is C15H22N2O3. The Morgan fingerprint density at radius 3 is 2.75 bits per heavy atom. The average molecular weight is 278 g/mol. The average Bonchev–Trinajstić information content (AvgIpc) is 3.25. The molecule has 1 atom stereocenters. The molecule has 5 nitrogen and oxygen atoms in total. The highest BCUT2D eigenvalue weighted by molar-refractivity contribution is 5.97. The minimum atomic E-state index is -0.757. The minimum Gasteiger partial charge on any atom is -0.478 e. The zero-order valence-electron chi connectivity index (χ0n) is 12.5. The monoisotopic (exact) mass is 278 g/mol. The number of carbonyl (C=O) groups is 1. The highest BCUT2D eigenvalue weighted by atomic mass is 16.5. The molecule has 1 heterocycles. The van der Waals surface area contributed by atoms with Crippen LogP contribution in [0.4, 0.5) is 5.69 Å². The highest BCUT2D eigenvalue weighted by Gasteiger charge is 2.47. The van der Waals surface area contributed by atoms with Gasteiger partial charge in [0.2, 0.25) is 5.88 Å². The summed E-state index contributed by atoms with van der Waals surface area (Å²) in [5.41, 5.74) is 0.807. The molecule has 0 aliphatic heterocycles. The highest BCUT2D eigenvalue weighted by Crippen LogP contribution is 2.42. The van der Waals surface area contributed by atoms with Crippen molar-refractivity contribution in [3.05, 3.63) is 17.8 Å². The fraction of sp³-hybridized carbons (Fsp3) is 0.600. The number of aromatic nitrogens is 1. The Morgan fingerprint density at radius 1 is 1.55 bits per heavy atom. The number of hydrogen-bond donors (Lipinski definition) is 1. The van der Waals surface area contributed by atoms with Crippen molar-refractivity contribution in [2.75, 3.05) is 19.0 Å². The number of rotatable bonds is 6. The summed E-state index contributed by atoms with van der Waals surface area (Å²) in [5.74, 6) is 0.791. The van der Waals surface area contributed by atoms with Crippen LogP contribution in [0.3, 0.4) is 0 Å². The van der Waals surface area contributed by atoms with Gasteiger partial charge in [-0.25, -0.2) is 4.98 Å². The molecule has 1 aromatic heterocycles. The number of nitrogens with one attached hydrogen (secondary N) is 1. The van der Waals surface area contributed by atoms with Gasteiger partial charge in [0.05, 0.1) is 18.5 Å². The molecule has 1 amide bonds. The number of ether oxygens (including phenoxy) is 2. The number of anilines is 1. The van der Waals surface area contributed by atoms with Crippen LogP contribution in [0.1, 0.15) is 32.3 Å². The van der Waals surface area contributed by atoms with Gasteiger partial charge in [0, 0.05) is 12.7 Å². The van der Waals surface area contributed by atoms with E-state index in [4.69, 9.17) is 9.47 Å². The smallest absolute Gasteiger partial charge is 0.256 e. The van der Waals surface area contributed by atoms with E-state index in [0.717, 1.165) is 18.4 Å². The van der Waals surface area contributed by atoms with Crippen molar-refractivity contribution in [3.63, 3.8) is 0 Å². The van der Waals surface area contributed by atoms with E-state index in [0.29, 0.717) is 24.1 Å². The first-order valence-corrected chi connectivity index (χ1v) is 6.97. The maximum absolute atomic E-state index is 12.4. The van der Waals surface area contributed by atoms with Crippen LogP contribution in [0.5, 0.6) is 5.88 Å². The maximum atomic E-state index is 12.4. The summed E-state index contributed by atoms with van der Waals surface area (Å²) in [5, 5.41) is 2.88. The zero-order valence-corrected chi connectivity index (χ0v) is 12.5. The van der Waals surface area contributed by atoms with Crippen molar-refractivity contribution in [1.82, 2.24) is 4.98 Å². The second-order valence-electron chi connectivity index (χ2n) is 5.32. The number of aryl methyl sites for hydroxylation is 1. The predicted octanol–water partition coefficient (Wildman–Crippen LogP) is 2.54. The molecule has 1 fully saturated rings. The van der Waals surface area contributed by atoms with Crippen molar-refractivity contribution in [2.24, 2.45) is 5.92 Å². The number of nitrogens with zero attached hydrogens (tertiary/aromatic N) is 1. The molecule has 0 radical (unpaired) electrons. The van der Waals surface area contributed by atoms with Crippen molar-refractivity contribution in [1.29, 1.82) is 0 Å². The number of hydrogen-bond acceptors (Lipinski definition) is 4. The van der Waals surface area contributed by atoms with Gasteiger partial charge >= 0.3 is 0 Å². The second kappa shape index (κ2) is 5.79. The molecule has 1 aliphatic carbocycles. The van der Waals surface area contributed by atoms with E-state index in [1.165, 1.54) is 0 Å². The van der Waals surface area contributed by atoms with Crippen molar-refractivity contribution < 1.29 is 14.3 Å². The van der Waals surface area contributed by atoms with Crippen LogP contribution in [0.25, 0.3) is 0 Å². The van der Waals surface area contributed by atoms with Gasteiger partial charge in [0.1, 0.15) is 5.60 Å². The molecule has 1 saturated carbocycles. The summed E-state index contributed by atoms with van der Waals surface area (Å²) in [7, 11) is 1.58. The Hall–Kier alpha value is -1.62. The Bertz CT molecular complexity index is 500. The fourth-order valence-corrected chi connectivity index (χ4v) is 2.25. The molecule has 0 bridgehead atoms.